The fraction of sp³-hybridized carbons (Fsp3) is 0.174. The van der Waals surface area contributed by atoms with Crippen LogP contribution in [0.4, 0.5) is 15.1 Å². The van der Waals surface area contributed by atoms with E-state index in [1.807, 2.05) is 36.4 Å². The number of aromatic amines is 1. The number of nitrogens with zero attached hydrogens (tertiary/aromatic N) is 2. The maximum atomic E-state index is 14.6. The van der Waals surface area contributed by atoms with E-state index in [9.17, 15) is 14.0 Å². The highest BCUT2D eigenvalue weighted by Gasteiger charge is 2.22. The molecule has 0 bridgehead atoms. The van der Waals surface area contributed by atoms with Crippen molar-refractivity contribution in [2.75, 3.05) is 36.5 Å². The van der Waals surface area contributed by atoms with Gasteiger partial charge in [0.2, 0.25) is 0 Å². The summed E-state index contributed by atoms with van der Waals surface area (Å²) in [6.45, 7) is 2.71. The first-order valence-corrected chi connectivity index (χ1v) is 10.9. The van der Waals surface area contributed by atoms with Crippen LogP contribution in [0.15, 0.2) is 59.7 Å². The van der Waals surface area contributed by atoms with Gasteiger partial charge < -0.3 is 19.9 Å². The third kappa shape index (κ3) is 3.88. The number of H-pyrrole nitrogens is 1. The number of anilines is 2. The summed E-state index contributed by atoms with van der Waals surface area (Å²) in [7, 11) is 0. The normalized spacial score (nSPS) is 14.0. The summed E-state index contributed by atoms with van der Waals surface area (Å²) in [6.07, 6.45) is 1.21. The van der Waals surface area contributed by atoms with Crippen molar-refractivity contribution < 1.29 is 13.9 Å². The van der Waals surface area contributed by atoms with E-state index in [1.165, 1.54) is 23.7 Å². The molecule has 0 unspecified atom stereocenters. The van der Waals surface area contributed by atoms with Crippen molar-refractivity contribution in [1.82, 2.24) is 9.97 Å². The van der Waals surface area contributed by atoms with Crippen LogP contribution >= 0.6 is 11.3 Å². The van der Waals surface area contributed by atoms with Crippen LogP contribution in [0.1, 0.15) is 9.67 Å². The largest absolute Gasteiger partial charge is 0.378 e. The molecule has 162 valence electrons. The lowest BCUT2D eigenvalue weighted by Gasteiger charge is -2.28. The molecule has 1 aliphatic heterocycles. The van der Waals surface area contributed by atoms with Gasteiger partial charge in [-0.1, -0.05) is 30.3 Å². The fourth-order valence-electron chi connectivity index (χ4n) is 3.69. The number of ether oxygens (including phenoxy) is 1. The molecular formula is C23H19FN4O3S. The van der Waals surface area contributed by atoms with Gasteiger partial charge in [0.05, 0.1) is 46.0 Å². The third-order valence-corrected chi connectivity index (χ3v) is 6.49. The van der Waals surface area contributed by atoms with Crippen LogP contribution in [0.5, 0.6) is 0 Å². The molecule has 1 amide bonds. The van der Waals surface area contributed by atoms with E-state index in [0.29, 0.717) is 18.1 Å². The van der Waals surface area contributed by atoms with Crippen molar-refractivity contribution in [3.05, 3.63) is 75.9 Å². The zero-order valence-electron chi connectivity index (χ0n) is 16.9. The van der Waals surface area contributed by atoms with E-state index in [0.717, 1.165) is 35.3 Å². The zero-order chi connectivity index (χ0) is 22.1. The van der Waals surface area contributed by atoms with Gasteiger partial charge in [0.25, 0.3) is 11.5 Å². The van der Waals surface area contributed by atoms with Crippen molar-refractivity contribution in [1.29, 1.82) is 0 Å². The van der Waals surface area contributed by atoms with Crippen LogP contribution in [0.3, 0.4) is 0 Å². The Morgan fingerprint density at radius 3 is 2.72 bits per heavy atom. The van der Waals surface area contributed by atoms with E-state index in [-0.39, 0.29) is 16.6 Å². The van der Waals surface area contributed by atoms with Crippen molar-refractivity contribution in [3.63, 3.8) is 0 Å². The van der Waals surface area contributed by atoms with E-state index < -0.39 is 17.3 Å². The second kappa shape index (κ2) is 8.52. The Kier molecular flexibility index (Phi) is 5.42. The van der Waals surface area contributed by atoms with Crippen molar-refractivity contribution in [3.8, 4) is 11.1 Å². The standard InChI is InChI=1S/C23H19FN4O3S/c24-17-12-18-16(21(29)26-13-25-18)10-19(17)27-22(30)20-11-15(14-4-2-1-3-5-14)23(32-20)28-6-8-31-9-7-28/h1-5,10-13H,6-9H2,(H,27,30)(H,25,26,29). The summed E-state index contributed by atoms with van der Waals surface area (Å²) in [6, 6.07) is 14.1. The van der Waals surface area contributed by atoms with Crippen LogP contribution in [0.2, 0.25) is 0 Å². The SMILES string of the molecule is O=C(Nc1cc2c(=O)[nH]cnc2cc1F)c1cc(-c2ccccc2)c(N2CCOCC2)s1. The number of morpholine rings is 1. The molecule has 5 rings (SSSR count). The molecule has 0 spiro atoms. The van der Waals surface area contributed by atoms with E-state index in [2.05, 4.69) is 20.2 Å². The minimum absolute atomic E-state index is 0.0661. The number of amides is 1. The molecule has 1 saturated heterocycles. The van der Waals surface area contributed by atoms with Gasteiger partial charge >= 0.3 is 0 Å². The van der Waals surface area contributed by atoms with Gasteiger partial charge in [0.15, 0.2) is 0 Å². The van der Waals surface area contributed by atoms with Crippen LogP contribution < -0.4 is 15.8 Å². The molecule has 0 atom stereocenters. The number of nitrogens with one attached hydrogen (secondary N) is 2. The summed E-state index contributed by atoms with van der Waals surface area (Å²) in [5.74, 6) is -1.09. The summed E-state index contributed by atoms with van der Waals surface area (Å²) in [4.78, 5) is 34.2. The molecule has 0 aliphatic carbocycles. The van der Waals surface area contributed by atoms with Crippen molar-refractivity contribution >= 4 is 38.8 Å². The average Bonchev–Trinajstić information content (AvgIpc) is 3.27. The predicted molar refractivity (Wildman–Crippen MR) is 123 cm³/mol. The number of benzene rings is 2. The second-order valence-corrected chi connectivity index (χ2v) is 8.36. The highest BCUT2D eigenvalue weighted by atomic mass is 32.1. The number of fused-ring (bicyclic) bond motifs is 1. The average molecular weight is 450 g/mol. The monoisotopic (exact) mass is 450 g/mol. The molecule has 2 aromatic carbocycles. The lowest BCUT2D eigenvalue weighted by atomic mass is 10.1. The van der Waals surface area contributed by atoms with Gasteiger partial charge in [0, 0.05) is 24.7 Å². The maximum absolute atomic E-state index is 14.6. The summed E-state index contributed by atoms with van der Waals surface area (Å²) >= 11 is 1.36. The van der Waals surface area contributed by atoms with Gasteiger partial charge in [-0.2, -0.15) is 0 Å². The topological polar surface area (TPSA) is 87.3 Å². The molecule has 32 heavy (non-hydrogen) atoms. The molecule has 9 heteroatoms. The van der Waals surface area contributed by atoms with Crippen molar-refractivity contribution in [2.45, 2.75) is 0 Å². The summed E-state index contributed by atoms with van der Waals surface area (Å²) in [5.41, 5.74) is 1.70. The Morgan fingerprint density at radius 1 is 1.16 bits per heavy atom. The van der Waals surface area contributed by atoms with Crippen molar-refractivity contribution in [2.24, 2.45) is 0 Å². The Morgan fingerprint density at radius 2 is 1.94 bits per heavy atom. The summed E-state index contributed by atoms with van der Waals surface area (Å²) in [5, 5.41) is 3.79. The Labute approximate surface area is 186 Å². The molecule has 2 aromatic heterocycles. The molecule has 0 saturated carbocycles. The molecule has 3 heterocycles. The molecule has 0 radical (unpaired) electrons. The highest BCUT2D eigenvalue weighted by molar-refractivity contribution is 7.18. The number of carbonyl (C=O) groups excluding carboxylic acids is 1. The molecular weight excluding hydrogens is 431 g/mol. The Balaban J connectivity index is 1.51. The van der Waals surface area contributed by atoms with Gasteiger partial charge in [0.1, 0.15) is 5.82 Å². The van der Waals surface area contributed by atoms with Gasteiger partial charge in [-0.3, -0.25) is 9.59 Å². The first kappa shape index (κ1) is 20.3. The lowest BCUT2D eigenvalue weighted by molar-refractivity contribution is 0.103. The number of carbonyl (C=O) groups is 1. The highest BCUT2D eigenvalue weighted by Crippen LogP contribution is 2.39. The number of halogens is 1. The van der Waals surface area contributed by atoms with Crippen LogP contribution in [-0.2, 0) is 4.74 Å². The minimum atomic E-state index is -0.655. The molecule has 1 aliphatic rings. The fourth-order valence-corrected chi connectivity index (χ4v) is 4.82. The molecule has 1 fully saturated rings. The first-order chi connectivity index (χ1) is 15.6. The number of aromatic nitrogens is 2. The third-order valence-electron chi connectivity index (χ3n) is 5.30. The zero-order valence-corrected chi connectivity index (χ0v) is 17.7. The number of rotatable bonds is 4. The van der Waals surface area contributed by atoms with E-state index >= 15 is 0 Å². The van der Waals surface area contributed by atoms with Crippen LogP contribution in [0.25, 0.3) is 22.0 Å². The second-order valence-electron chi connectivity index (χ2n) is 7.33. The molecule has 7 nitrogen and oxygen atoms in total. The van der Waals surface area contributed by atoms with E-state index in [1.54, 1.807) is 0 Å². The maximum Gasteiger partial charge on any atom is 0.265 e. The van der Waals surface area contributed by atoms with E-state index in [4.69, 9.17) is 4.74 Å². The lowest BCUT2D eigenvalue weighted by Crippen LogP contribution is -2.35. The molecule has 4 aromatic rings. The smallest absolute Gasteiger partial charge is 0.265 e. The minimum Gasteiger partial charge on any atom is -0.378 e. The Bertz CT molecular complexity index is 1350. The number of thiophene rings is 1. The first-order valence-electron chi connectivity index (χ1n) is 10.1. The summed E-state index contributed by atoms with van der Waals surface area (Å²) < 4.78 is 20.0. The quantitative estimate of drug-likeness (QED) is 0.493. The number of hydrogen-bond acceptors (Lipinski definition) is 6. The van der Waals surface area contributed by atoms with Gasteiger partial charge in [-0.05, 0) is 17.7 Å². The van der Waals surface area contributed by atoms with Gasteiger partial charge in [-0.15, -0.1) is 11.3 Å². The predicted octanol–water partition coefficient (Wildman–Crippen LogP) is 3.88. The van der Waals surface area contributed by atoms with Gasteiger partial charge in [-0.25, -0.2) is 9.37 Å². The number of hydrogen-bond donors (Lipinski definition) is 2. The van der Waals surface area contributed by atoms with Crippen LogP contribution in [-0.4, -0.2) is 42.2 Å². The van der Waals surface area contributed by atoms with Crippen LogP contribution in [0, 0.1) is 5.82 Å². The molecule has 2 N–H and O–H groups in total. The Hall–Kier alpha value is -3.56.